The molecule has 0 heterocycles. The van der Waals surface area contributed by atoms with E-state index in [-0.39, 0.29) is 0 Å². The van der Waals surface area contributed by atoms with Crippen LogP contribution in [0.3, 0.4) is 0 Å². The molecule has 108 valence electrons. The van der Waals surface area contributed by atoms with E-state index >= 15 is 0 Å². The average Bonchev–Trinajstić information content (AvgIpc) is 2.47. The van der Waals surface area contributed by atoms with E-state index in [9.17, 15) is 5.26 Å². The smallest absolute Gasteiger partial charge is 0.0766 e. The molecule has 0 atom stereocenters. The van der Waals surface area contributed by atoms with Crippen molar-refractivity contribution in [3.63, 3.8) is 0 Å². The summed E-state index contributed by atoms with van der Waals surface area (Å²) in [6.07, 6.45) is 1.12. The van der Waals surface area contributed by atoms with E-state index in [0.717, 1.165) is 12.0 Å². The maximum absolute atomic E-state index is 9.19. The first-order chi connectivity index (χ1) is 9.92. The molecule has 0 unspecified atom stereocenters. The molecular weight excluding hydrogens is 254 g/mol. The molecule has 2 aromatic carbocycles. The Morgan fingerprint density at radius 1 is 0.905 bits per heavy atom. The number of hydrogen-bond acceptors (Lipinski definition) is 1. The topological polar surface area (TPSA) is 23.8 Å². The zero-order valence-corrected chi connectivity index (χ0v) is 13.4. The zero-order chi connectivity index (χ0) is 15.5. The lowest BCUT2D eigenvalue weighted by molar-refractivity contribution is 0.647. The third kappa shape index (κ3) is 3.73. The number of nitriles is 1. The molecule has 0 aliphatic heterocycles. The highest BCUT2D eigenvalue weighted by Crippen LogP contribution is 2.26. The summed E-state index contributed by atoms with van der Waals surface area (Å²) in [5, 5.41) is 9.19. The van der Waals surface area contributed by atoms with Crippen LogP contribution in [0.2, 0.25) is 0 Å². The summed E-state index contributed by atoms with van der Waals surface area (Å²) >= 11 is 0. The fraction of sp³-hybridized carbons (Fsp3) is 0.350. The largest absolute Gasteiger partial charge is 0.197 e. The molecule has 0 N–H and O–H groups in total. The third-order valence-electron chi connectivity index (χ3n) is 3.82. The monoisotopic (exact) mass is 277 g/mol. The van der Waals surface area contributed by atoms with E-state index in [0.29, 0.717) is 5.92 Å². The number of rotatable bonds is 4. The van der Waals surface area contributed by atoms with Crippen LogP contribution < -0.4 is 0 Å². The second kappa shape index (κ2) is 6.14. The molecule has 0 radical (unpaired) electrons. The fourth-order valence-corrected chi connectivity index (χ4v) is 2.45. The standard InChI is InChI=1S/C20H23N/c1-15(2)13-16-5-7-17(8-6-16)18-9-11-19(12-10-18)20(3,4)14-21/h5-12,15H,13H2,1-4H3. The fourth-order valence-electron chi connectivity index (χ4n) is 2.45. The first kappa shape index (κ1) is 15.3. The van der Waals surface area contributed by atoms with E-state index in [1.165, 1.54) is 16.7 Å². The summed E-state index contributed by atoms with van der Waals surface area (Å²) in [6.45, 7) is 8.37. The van der Waals surface area contributed by atoms with Crippen molar-refractivity contribution < 1.29 is 0 Å². The summed E-state index contributed by atoms with van der Waals surface area (Å²) in [6, 6.07) is 19.4. The van der Waals surface area contributed by atoms with Crippen LogP contribution >= 0.6 is 0 Å². The number of nitrogens with zero attached hydrogens (tertiary/aromatic N) is 1. The minimum absolute atomic E-state index is 0.431. The van der Waals surface area contributed by atoms with Crippen molar-refractivity contribution in [3.05, 3.63) is 59.7 Å². The molecule has 2 rings (SSSR count). The van der Waals surface area contributed by atoms with Crippen LogP contribution in [-0.2, 0) is 11.8 Å². The first-order valence-electron chi connectivity index (χ1n) is 7.53. The summed E-state index contributed by atoms with van der Waals surface area (Å²) in [7, 11) is 0. The van der Waals surface area contributed by atoms with Crippen LogP contribution in [0.25, 0.3) is 11.1 Å². The molecule has 0 bridgehead atoms. The summed E-state index contributed by atoms with van der Waals surface area (Å²) in [4.78, 5) is 0. The van der Waals surface area contributed by atoms with Crippen LogP contribution in [0.15, 0.2) is 48.5 Å². The highest BCUT2D eigenvalue weighted by Gasteiger charge is 2.19. The molecule has 0 aromatic heterocycles. The average molecular weight is 277 g/mol. The van der Waals surface area contributed by atoms with Crippen LogP contribution in [0, 0.1) is 17.2 Å². The molecule has 0 spiro atoms. The van der Waals surface area contributed by atoms with E-state index in [1.54, 1.807) is 0 Å². The van der Waals surface area contributed by atoms with E-state index in [4.69, 9.17) is 0 Å². The molecule has 0 saturated heterocycles. The number of hydrogen-bond donors (Lipinski definition) is 0. The van der Waals surface area contributed by atoms with Gasteiger partial charge in [0.15, 0.2) is 0 Å². The Bertz CT molecular complexity index is 625. The molecule has 1 heteroatoms. The maximum Gasteiger partial charge on any atom is 0.0766 e. The van der Waals surface area contributed by atoms with Crippen LogP contribution in [0.5, 0.6) is 0 Å². The van der Waals surface area contributed by atoms with Gasteiger partial charge in [0.05, 0.1) is 11.5 Å². The lowest BCUT2D eigenvalue weighted by Gasteiger charge is -2.16. The quantitative estimate of drug-likeness (QED) is 0.738. The predicted molar refractivity (Wildman–Crippen MR) is 89.1 cm³/mol. The van der Waals surface area contributed by atoms with E-state index < -0.39 is 5.41 Å². The van der Waals surface area contributed by atoms with Gasteiger partial charge in [-0.15, -0.1) is 0 Å². The van der Waals surface area contributed by atoms with Crippen molar-refractivity contribution in [3.8, 4) is 17.2 Å². The highest BCUT2D eigenvalue weighted by molar-refractivity contribution is 5.64. The Morgan fingerprint density at radius 2 is 1.38 bits per heavy atom. The minimum atomic E-state index is -0.431. The predicted octanol–water partition coefficient (Wildman–Crippen LogP) is 5.35. The molecule has 0 amide bonds. The third-order valence-corrected chi connectivity index (χ3v) is 3.82. The van der Waals surface area contributed by atoms with Gasteiger partial charge >= 0.3 is 0 Å². The van der Waals surface area contributed by atoms with Crippen LogP contribution in [0.1, 0.15) is 38.8 Å². The Labute approximate surface area is 128 Å². The SMILES string of the molecule is CC(C)Cc1ccc(-c2ccc(C(C)(C)C#N)cc2)cc1. The van der Waals surface area contributed by atoms with Crippen molar-refractivity contribution in [2.45, 2.75) is 39.5 Å². The maximum atomic E-state index is 9.19. The van der Waals surface area contributed by atoms with Gasteiger partial charge in [-0.3, -0.25) is 0 Å². The summed E-state index contributed by atoms with van der Waals surface area (Å²) in [5.74, 6) is 0.684. The molecule has 1 nitrogen and oxygen atoms in total. The highest BCUT2D eigenvalue weighted by atomic mass is 14.3. The molecule has 21 heavy (non-hydrogen) atoms. The van der Waals surface area contributed by atoms with Crippen molar-refractivity contribution in [1.82, 2.24) is 0 Å². The van der Waals surface area contributed by atoms with Crippen molar-refractivity contribution in [1.29, 1.82) is 5.26 Å². The van der Waals surface area contributed by atoms with Crippen LogP contribution in [-0.4, -0.2) is 0 Å². The van der Waals surface area contributed by atoms with Gasteiger partial charge in [-0.05, 0) is 48.4 Å². The van der Waals surface area contributed by atoms with Gasteiger partial charge < -0.3 is 0 Å². The lowest BCUT2D eigenvalue weighted by Crippen LogP contribution is -2.13. The Kier molecular flexibility index (Phi) is 4.48. The normalized spacial score (nSPS) is 11.4. The van der Waals surface area contributed by atoms with Gasteiger partial charge in [-0.25, -0.2) is 0 Å². The van der Waals surface area contributed by atoms with E-state index in [1.807, 2.05) is 13.8 Å². The molecule has 0 saturated carbocycles. The van der Waals surface area contributed by atoms with E-state index in [2.05, 4.69) is 68.4 Å². The van der Waals surface area contributed by atoms with Gasteiger partial charge in [-0.1, -0.05) is 62.4 Å². The Hall–Kier alpha value is -2.07. The Balaban J connectivity index is 2.21. The minimum Gasteiger partial charge on any atom is -0.197 e. The lowest BCUT2D eigenvalue weighted by atomic mass is 9.85. The van der Waals surface area contributed by atoms with Gasteiger partial charge in [0.1, 0.15) is 0 Å². The second-order valence-electron chi connectivity index (χ2n) is 6.61. The van der Waals surface area contributed by atoms with Crippen LogP contribution in [0.4, 0.5) is 0 Å². The number of benzene rings is 2. The zero-order valence-electron chi connectivity index (χ0n) is 13.4. The first-order valence-corrected chi connectivity index (χ1v) is 7.53. The van der Waals surface area contributed by atoms with Crippen molar-refractivity contribution in [2.24, 2.45) is 5.92 Å². The summed E-state index contributed by atoms with van der Waals surface area (Å²) in [5.41, 5.74) is 4.44. The van der Waals surface area contributed by atoms with Gasteiger partial charge in [0, 0.05) is 0 Å². The van der Waals surface area contributed by atoms with Crippen molar-refractivity contribution >= 4 is 0 Å². The molecule has 0 fully saturated rings. The van der Waals surface area contributed by atoms with Gasteiger partial charge in [0.2, 0.25) is 0 Å². The Morgan fingerprint density at radius 3 is 1.81 bits per heavy atom. The molecule has 0 aliphatic carbocycles. The van der Waals surface area contributed by atoms with Crippen molar-refractivity contribution in [2.75, 3.05) is 0 Å². The van der Waals surface area contributed by atoms with Gasteiger partial charge in [0.25, 0.3) is 0 Å². The molecular formula is C20H23N. The second-order valence-corrected chi connectivity index (χ2v) is 6.61. The summed E-state index contributed by atoms with van der Waals surface area (Å²) < 4.78 is 0. The van der Waals surface area contributed by atoms with Gasteiger partial charge in [-0.2, -0.15) is 5.26 Å². The molecule has 0 aliphatic rings. The molecule has 2 aromatic rings.